The van der Waals surface area contributed by atoms with E-state index in [1.54, 1.807) is 26.8 Å². The molecule has 0 fully saturated rings. The average molecular weight is 299 g/mol. The highest BCUT2D eigenvalue weighted by Gasteiger charge is 2.22. The number of carbonyl (C=O) groups is 2. The molecule has 0 aliphatic carbocycles. The van der Waals surface area contributed by atoms with Gasteiger partial charge in [0.1, 0.15) is 0 Å². The summed E-state index contributed by atoms with van der Waals surface area (Å²) in [6.07, 6.45) is 0. The van der Waals surface area contributed by atoms with Crippen LogP contribution in [0.3, 0.4) is 0 Å². The minimum atomic E-state index is -1.32. The van der Waals surface area contributed by atoms with E-state index in [0.29, 0.717) is 4.47 Å². The summed E-state index contributed by atoms with van der Waals surface area (Å²) in [6, 6.07) is 4.58. The lowest BCUT2D eigenvalue weighted by Crippen LogP contribution is -2.30. The van der Waals surface area contributed by atoms with Crippen molar-refractivity contribution in [2.45, 2.75) is 20.8 Å². The van der Waals surface area contributed by atoms with Gasteiger partial charge in [-0.2, -0.15) is 0 Å². The summed E-state index contributed by atoms with van der Waals surface area (Å²) in [5.74, 6) is -1.57. The first-order valence-corrected chi connectivity index (χ1v) is 5.83. The van der Waals surface area contributed by atoms with Crippen molar-refractivity contribution < 1.29 is 14.7 Å². The number of amides is 1. The van der Waals surface area contributed by atoms with Crippen LogP contribution in [-0.2, 0) is 4.79 Å². The summed E-state index contributed by atoms with van der Waals surface area (Å²) in [5.41, 5.74) is -0.388. The molecule has 92 valence electrons. The van der Waals surface area contributed by atoms with Crippen LogP contribution in [0.2, 0.25) is 0 Å². The highest BCUT2D eigenvalue weighted by Crippen LogP contribution is 2.23. The number of carboxylic acids is 1. The molecule has 1 aromatic carbocycles. The topological polar surface area (TPSA) is 69.2 Å². The lowest BCUT2D eigenvalue weighted by Gasteiger charge is -2.19. The molecular weight excluding hydrogens is 286 g/mol. The van der Waals surface area contributed by atoms with Gasteiger partial charge in [-0.1, -0.05) is 36.7 Å². The Kier molecular flexibility index (Phi) is 3.93. The Bertz CT molecular complexity index is 463. The van der Waals surface area contributed by atoms with Gasteiger partial charge in [0.05, 0.1) is 5.97 Å². The van der Waals surface area contributed by atoms with Crippen LogP contribution >= 0.6 is 15.9 Å². The van der Waals surface area contributed by atoms with Crippen molar-refractivity contribution in [3.05, 3.63) is 28.2 Å². The number of rotatable bonds is 2. The number of carbonyl (C=O) groups excluding carboxylic acids is 2. The smallest absolute Gasteiger partial charge is 0.229 e. The van der Waals surface area contributed by atoms with E-state index in [-0.39, 0.29) is 17.2 Å². The molecule has 0 aliphatic rings. The molecule has 0 spiro atoms. The van der Waals surface area contributed by atoms with Crippen molar-refractivity contribution in [3.63, 3.8) is 0 Å². The molecule has 0 heterocycles. The standard InChI is InChI=1S/C12H14BrNO3/c1-12(2,3)11(17)14-9-5-4-7(13)6-8(9)10(15)16/h4-6H,1-3H3,(H,14,17)(H,15,16)/p-1. The maximum Gasteiger partial charge on any atom is 0.229 e. The van der Waals surface area contributed by atoms with E-state index in [9.17, 15) is 14.7 Å². The monoisotopic (exact) mass is 298 g/mol. The Hall–Kier alpha value is -1.36. The normalized spacial score (nSPS) is 11.1. The molecule has 0 atom stereocenters. The fourth-order valence-electron chi connectivity index (χ4n) is 1.10. The second-order valence-corrected chi connectivity index (χ2v) is 5.60. The Labute approximate surface area is 108 Å². The van der Waals surface area contributed by atoms with E-state index < -0.39 is 11.4 Å². The van der Waals surface area contributed by atoms with Crippen LogP contribution in [0.5, 0.6) is 0 Å². The van der Waals surface area contributed by atoms with Crippen LogP contribution in [0.25, 0.3) is 0 Å². The second kappa shape index (κ2) is 4.87. The molecule has 4 nitrogen and oxygen atoms in total. The third-order valence-electron chi connectivity index (χ3n) is 2.13. The van der Waals surface area contributed by atoms with Crippen LogP contribution in [-0.4, -0.2) is 11.9 Å². The molecule has 1 aromatic rings. The number of hydrogen-bond acceptors (Lipinski definition) is 3. The van der Waals surface area contributed by atoms with Crippen molar-refractivity contribution in [3.8, 4) is 0 Å². The minimum absolute atomic E-state index is 0.0445. The van der Waals surface area contributed by atoms with Gasteiger partial charge in [-0.25, -0.2) is 0 Å². The van der Waals surface area contributed by atoms with Crippen LogP contribution in [0.4, 0.5) is 5.69 Å². The Morgan fingerprint density at radius 3 is 2.35 bits per heavy atom. The molecule has 0 unspecified atom stereocenters. The summed E-state index contributed by atoms with van der Waals surface area (Å²) >= 11 is 3.17. The van der Waals surface area contributed by atoms with Crippen LogP contribution in [0.1, 0.15) is 31.1 Å². The third-order valence-corrected chi connectivity index (χ3v) is 2.62. The summed E-state index contributed by atoms with van der Waals surface area (Å²) in [6.45, 7) is 5.25. The van der Waals surface area contributed by atoms with E-state index in [1.165, 1.54) is 12.1 Å². The number of aromatic carboxylic acids is 1. The molecule has 1 N–H and O–H groups in total. The second-order valence-electron chi connectivity index (χ2n) is 4.68. The first-order valence-electron chi connectivity index (χ1n) is 5.04. The predicted molar refractivity (Wildman–Crippen MR) is 66.6 cm³/mol. The lowest BCUT2D eigenvalue weighted by atomic mass is 9.95. The first-order chi connectivity index (χ1) is 7.71. The van der Waals surface area contributed by atoms with Gasteiger partial charge in [0.15, 0.2) is 0 Å². The van der Waals surface area contributed by atoms with Gasteiger partial charge in [-0.3, -0.25) is 4.79 Å². The average Bonchev–Trinajstić information content (AvgIpc) is 2.18. The first kappa shape index (κ1) is 13.7. The van der Waals surface area contributed by atoms with Gasteiger partial charge in [0, 0.05) is 21.1 Å². The Balaban J connectivity index is 3.07. The maximum atomic E-state index is 11.8. The molecule has 17 heavy (non-hydrogen) atoms. The molecule has 0 bridgehead atoms. The van der Waals surface area contributed by atoms with Crippen molar-refractivity contribution in [2.75, 3.05) is 5.32 Å². The summed E-state index contributed by atoms with van der Waals surface area (Å²) in [7, 11) is 0. The van der Waals surface area contributed by atoms with E-state index in [4.69, 9.17) is 0 Å². The molecule has 0 aliphatic heterocycles. The molecule has 0 aromatic heterocycles. The minimum Gasteiger partial charge on any atom is -0.545 e. The molecule has 1 amide bonds. The highest BCUT2D eigenvalue weighted by molar-refractivity contribution is 9.10. The molecule has 0 saturated heterocycles. The van der Waals surface area contributed by atoms with Crippen molar-refractivity contribution in [1.82, 2.24) is 0 Å². The summed E-state index contributed by atoms with van der Waals surface area (Å²) in [5, 5.41) is 13.5. The summed E-state index contributed by atoms with van der Waals surface area (Å²) < 4.78 is 0.616. The molecule has 5 heteroatoms. The molecule has 0 radical (unpaired) electrons. The van der Waals surface area contributed by atoms with Gasteiger partial charge in [-0.05, 0) is 18.2 Å². The quantitative estimate of drug-likeness (QED) is 0.905. The SMILES string of the molecule is CC(C)(C)C(=O)Nc1ccc(Br)cc1C(=O)[O-]. The zero-order chi connectivity index (χ0) is 13.2. The fourth-order valence-corrected chi connectivity index (χ4v) is 1.47. The highest BCUT2D eigenvalue weighted by atomic mass is 79.9. The van der Waals surface area contributed by atoms with Gasteiger partial charge in [0.25, 0.3) is 0 Å². The van der Waals surface area contributed by atoms with Crippen LogP contribution in [0, 0.1) is 5.41 Å². The van der Waals surface area contributed by atoms with Crippen LogP contribution in [0.15, 0.2) is 22.7 Å². The number of anilines is 1. The largest absolute Gasteiger partial charge is 0.545 e. The molecule has 0 saturated carbocycles. The van der Waals surface area contributed by atoms with Gasteiger partial charge >= 0.3 is 0 Å². The fraction of sp³-hybridized carbons (Fsp3) is 0.333. The molecule has 1 rings (SSSR count). The van der Waals surface area contributed by atoms with Crippen molar-refractivity contribution >= 4 is 33.5 Å². The zero-order valence-electron chi connectivity index (χ0n) is 9.83. The van der Waals surface area contributed by atoms with Crippen molar-refractivity contribution in [2.24, 2.45) is 5.41 Å². The maximum absolute atomic E-state index is 11.8. The number of carboxylic acid groups (broad SMARTS) is 1. The van der Waals surface area contributed by atoms with Crippen molar-refractivity contribution in [1.29, 1.82) is 0 Å². The Morgan fingerprint density at radius 2 is 1.88 bits per heavy atom. The van der Waals surface area contributed by atoms with E-state index in [2.05, 4.69) is 21.2 Å². The zero-order valence-corrected chi connectivity index (χ0v) is 11.4. The summed E-state index contributed by atoms with van der Waals surface area (Å²) in [4.78, 5) is 22.7. The lowest BCUT2D eigenvalue weighted by molar-refractivity contribution is -0.254. The van der Waals surface area contributed by atoms with Crippen LogP contribution < -0.4 is 10.4 Å². The number of benzene rings is 1. The molecular formula is C12H13BrNO3-. The predicted octanol–water partition coefficient (Wildman–Crippen LogP) is 1.80. The number of halogens is 1. The van der Waals surface area contributed by atoms with E-state index in [0.717, 1.165) is 0 Å². The number of nitrogens with one attached hydrogen (secondary N) is 1. The van der Waals surface area contributed by atoms with E-state index >= 15 is 0 Å². The third kappa shape index (κ3) is 3.56. The van der Waals surface area contributed by atoms with E-state index in [1.807, 2.05) is 0 Å². The van der Waals surface area contributed by atoms with Gasteiger partial charge in [-0.15, -0.1) is 0 Å². The number of hydrogen-bond donors (Lipinski definition) is 1. The Morgan fingerprint density at radius 1 is 1.29 bits per heavy atom. The van der Waals surface area contributed by atoms with Gasteiger partial charge < -0.3 is 15.2 Å². The van der Waals surface area contributed by atoms with Gasteiger partial charge in [0.2, 0.25) is 5.91 Å².